The molecule has 2 amide bonds. The number of ether oxygens (including phenoxy) is 1. The van der Waals surface area contributed by atoms with E-state index >= 15 is 0 Å². The molecule has 0 saturated heterocycles. The van der Waals surface area contributed by atoms with Crippen molar-refractivity contribution in [3.8, 4) is 5.75 Å². The molecule has 6 nitrogen and oxygen atoms in total. The second-order valence-corrected chi connectivity index (χ2v) is 8.31. The Morgan fingerprint density at radius 3 is 2.32 bits per heavy atom. The van der Waals surface area contributed by atoms with Gasteiger partial charge in [-0.1, -0.05) is 60.7 Å². The molecule has 3 aromatic carbocycles. The maximum Gasteiger partial charge on any atom is 0.251 e. The largest absolute Gasteiger partial charge is 0.493 e. The molecule has 3 aromatic rings. The fourth-order valence-corrected chi connectivity index (χ4v) is 3.74. The number of rotatable bonds is 10. The molecular weight excluding hydrogens is 450 g/mol. The van der Waals surface area contributed by atoms with Crippen molar-refractivity contribution in [2.24, 2.45) is 5.73 Å². The smallest absolute Gasteiger partial charge is 0.251 e. The van der Waals surface area contributed by atoms with Gasteiger partial charge in [0.1, 0.15) is 11.8 Å². The van der Waals surface area contributed by atoms with Crippen molar-refractivity contribution in [2.45, 2.75) is 37.4 Å². The van der Waals surface area contributed by atoms with Gasteiger partial charge in [-0.3, -0.25) is 9.59 Å². The van der Waals surface area contributed by atoms with E-state index in [0.29, 0.717) is 31.1 Å². The van der Waals surface area contributed by atoms with Crippen LogP contribution in [0.5, 0.6) is 5.75 Å². The molecule has 1 aliphatic rings. The van der Waals surface area contributed by atoms with Crippen molar-refractivity contribution < 1.29 is 14.3 Å². The number of hydrogen-bond acceptors (Lipinski definition) is 4. The molecule has 178 valence electrons. The molecule has 0 heterocycles. The molecule has 0 radical (unpaired) electrons. The highest BCUT2D eigenvalue weighted by molar-refractivity contribution is 5.97. The minimum absolute atomic E-state index is 0. The number of carbonyl (C=O) groups is 2. The van der Waals surface area contributed by atoms with Crippen LogP contribution in [0.2, 0.25) is 0 Å². The molecule has 1 fully saturated rings. The van der Waals surface area contributed by atoms with E-state index in [1.165, 1.54) is 5.56 Å². The molecule has 0 spiro atoms. The SMILES string of the molecule is Cl.N[C@@H]1C[C@H]1c1cccc(OCC[C@H](NC(=O)c2ccccc2)C(=O)NCc2ccccc2)c1. The first-order valence-electron chi connectivity index (χ1n) is 11.3. The summed E-state index contributed by atoms with van der Waals surface area (Å²) in [7, 11) is 0. The summed E-state index contributed by atoms with van der Waals surface area (Å²) >= 11 is 0. The van der Waals surface area contributed by atoms with Gasteiger partial charge >= 0.3 is 0 Å². The molecular formula is C27H30ClN3O3. The van der Waals surface area contributed by atoms with E-state index in [2.05, 4.69) is 16.7 Å². The summed E-state index contributed by atoms with van der Waals surface area (Å²) in [5.74, 6) is 0.601. The highest BCUT2D eigenvalue weighted by Gasteiger charge is 2.34. The molecule has 1 saturated carbocycles. The zero-order chi connectivity index (χ0) is 23.0. The number of nitrogens with one attached hydrogen (secondary N) is 2. The highest BCUT2D eigenvalue weighted by atomic mass is 35.5. The van der Waals surface area contributed by atoms with Gasteiger partial charge in [-0.2, -0.15) is 0 Å². The first kappa shape index (κ1) is 25.3. The van der Waals surface area contributed by atoms with Crippen molar-refractivity contribution in [2.75, 3.05) is 6.61 Å². The van der Waals surface area contributed by atoms with E-state index in [-0.39, 0.29) is 30.3 Å². The lowest BCUT2D eigenvalue weighted by atomic mass is 10.1. The summed E-state index contributed by atoms with van der Waals surface area (Å²) in [4.78, 5) is 25.6. The molecule has 0 aliphatic heterocycles. The second-order valence-electron chi connectivity index (χ2n) is 8.31. The van der Waals surface area contributed by atoms with Crippen LogP contribution in [0, 0.1) is 0 Å². The van der Waals surface area contributed by atoms with Gasteiger partial charge in [-0.25, -0.2) is 0 Å². The Hall–Kier alpha value is -3.35. The van der Waals surface area contributed by atoms with Gasteiger partial charge in [0.2, 0.25) is 5.91 Å². The number of benzene rings is 3. The van der Waals surface area contributed by atoms with Crippen molar-refractivity contribution in [1.82, 2.24) is 10.6 Å². The summed E-state index contributed by atoms with van der Waals surface area (Å²) in [6.45, 7) is 0.681. The average molecular weight is 480 g/mol. The fraction of sp³-hybridized carbons (Fsp3) is 0.259. The molecule has 34 heavy (non-hydrogen) atoms. The molecule has 4 rings (SSSR count). The van der Waals surface area contributed by atoms with Gasteiger partial charge in [0.05, 0.1) is 6.61 Å². The third-order valence-electron chi connectivity index (χ3n) is 5.77. The lowest BCUT2D eigenvalue weighted by Crippen LogP contribution is -2.47. The Morgan fingerprint density at radius 1 is 0.971 bits per heavy atom. The van der Waals surface area contributed by atoms with Crippen LogP contribution in [-0.2, 0) is 11.3 Å². The van der Waals surface area contributed by atoms with Crippen molar-refractivity contribution in [3.63, 3.8) is 0 Å². The molecule has 4 N–H and O–H groups in total. The Bertz CT molecular complexity index is 1080. The Morgan fingerprint density at radius 2 is 1.65 bits per heavy atom. The monoisotopic (exact) mass is 479 g/mol. The topological polar surface area (TPSA) is 93.4 Å². The Balaban J connectivity index is 0.00000324. The summed E-state index contributed by atoms with van der Waals surface area (Å²) in [5.41, 5.74) is 8.63. The standard InChI is InChI=1S/C27H29N3O3.ClH/c28-24-17-23(24)21-12-7-13-22(16-21)33-15-14-25(30-26(31)20-10-5-2-6-11-20)27(32)29-18-19-8-3-1-4-9-19;/h1-13,16,23-25H,14-15,17-18,28H2,(H,29,32)(H,30,31);1H/t23-,24+,25-;/m0./s1. The van der Waals surface area contributed by atoms with Gasteiger partial charge in [0.25, 0.3) is 5.91 Å². The molecule has 1 aliphatic carbocycles. The van der Waals surface area contributed by atoms with E-state index < -0.39 is 6.04 Å². The van der Waals surface area contributed by atoms with E-state index in [1.54, 1.807) is 24.3 Å². The molecule has 3 atom stereocenters. The van der Waals surface area contributed by atoms with Crippen LogP contribution in [0.15, 0.2) is 84.9 Å². The van der Waals surface area contributed by atoms with Crippen molar-refractivity contribution in [1.29, 1.82) is 0 Å². The van der Waals surface area contributed by atoms with Crippen LogP contribution in [0.4, 0.5) is 0 Å². The third-order valence-corrected chi connectivity index (χ3v) is 5.77. The van der Waals surface area contributed by atoms with Crippen LogP contribution in [0.3, 0.4) is 0 Å². The zero-order valence-electron chi connectivity index (χ0n) is 18.9. The molecule has 0 bridgehead atoms. The summed E-state index contributed by atoms with van der Waals surface area (Å²) in [6, 6.07) is 26.0. The maximum atomic E-state index is 12.9. The molecule has 7 heteroatoms. The minimum Gasteiger partial charge on any atom is -0.493 e. The molecule has 0 aromatic heterocycles. The van der Waals surface area contributed by atoms with Crippen LogP contribution >= 0.6 is 12.4 Å². The third kappa shape index (κ3) is 7.07. The number of nitrogens with two attached hydrogens (primary N) is 1. The number of amides is 2. The average Bonchev–Trinajstić information content (AvgIpc) is 3.59. The van der Waals surface area contributed by atoms with Crippen LogP contribution in [-0.4, -0.2) is 30.5 Å². The quantitative estimate of drug-likeness (QED) is 0.412. The minimum atomic E-state index is -0.721. The van der Waals surface area contributed by atoms with Crippen molar-refractivity contribution >= 4 is 24.2 Å². The van der Waals surface area contributed by atoms with E-state index in [9.17, 15) is 9.59 Å². The fourth-order valence-electron chi connectivity index (χ4n) is 3.74. The van der Waals surface area contributed by atoms with Crippen LogP contribution in [0.1, 0.15) is 40.2 Å². The van der Waals surface area contributed by atoms with Gasteiger partial charge in [-0.15, -0.1) is 12.4 Å². The summed E-state index contributed by atoms with van der Waals surface area (Å²) < 4.78 is 5.92. The van der Waals surface area contributed by atoms with Crippen LogP contribution < -0.4 is 21.1 Å². The number of halogens is 1. The first-order valence-corrected chi connectivity index (χ1v) is 11.3. The molecule has 0 unspecified atom stereocenters. The number of hydrogen-bond donors (Lipinski definition) is 3. The van der Waals surface area contributed by atoms with Gasteiger partial charge in [-0.05, 0) is 41.8 Å². The highest BCUT2D eigenvalue weighted by Crippen LogP contribution is 2.39. The normalized spacial score (nSPS) is 17.1. The Kier molecular flexibility index (Phi) is 9.08. The van der Waals surface area contributed by atoms with Gasteiger partial charge in [0.15, 0.2) is 0 Å². The predicted octanol–water partition coefficient (Wildman–Crippen LogP) is 3.81. The first-order chi connectivity index (χ1) is 16.1. The lowest BCUT2D eigenvalue weighted by molar-refractivity contribution is -0.123. The van der Waals surface area contributed by atoms with Crippen molar-refractivity contribution in [3.05, 3.63) is 102 Å². The van der Waals surface area contributed by atoms with Crippen LogP contribution in [0.25, 0.3) is 0 Å². The van der Waals surface area contributed by atoms with E-state index in [0.717, 1.165) is 17.7 Å². The summed E-state index contributed by atoms with van der Waals surface area (Å²) in [5, 5.41) is 5.77. The number of carbonyl (C=O) groups excluding carboxylic acids is 2. The van der Waals surface area contributed by atoms with E-state index in [1.807, 2.05) is 54.6 Å². The van der Waals surface area contributed by atoms with Gasteiger partial charge in [0, 0.05) is 30.5 Å². The Labute approximate surface area is 206 Å². The second kappa shape index (κ2) is 12.2. The summed E-state index contributed by atoms with van der Waals surface area (Å²) in [6.07, 6.45) is 1.34. The van der Waals surface area contributed by atoms with Gasteiger partial charge < -0.3 is 21.1 Å². The lowest BCUT2D eigenvalue weighted by Gasteiger charge is -2.19. The predicted molar refractivity (Wildman–Crippen MR) is 135 cm³/mol. The zero-order valence-corrected chi connectivity index (χ0v) is 19.7. The maximum absolute atomic E-state index is 12.9. The van der Waals surface area contributed by atoms with E-state index in [4.69, 9.17) is 10.5 Å².